The number of rotatable bonds is 9. The molecule has 1 atom stereocenters. The Labute approximate surface area is 180 Å². The molecule has 0 heterocycles. The number of hydrogen-bond acceptors (Lipinski definition) is 3. The van der Waals surface area contributed by atoms with Crippen molar-refractivity contribution < 1.29 is 9.53 Å². The van der Waals surface area contributed by atoms with Gasteiger partial charge in [0.2, 0.25) is 0 Å². The maximum Gasteiger partial charge on any atom is 0.323 e. The van der Waals surface area contributed by atoms with Gasteiger partial charge < -0.3 is 4.74 Å². The summed E-state index contributed by atoms with van der Waals surface area (Å²) in [6.45, 7) is 6.47. The first kappa shape index (κ1) is 21.8. The minimum absolute atomic E-state index is 0.210. The molecule has 0 fully saturated rings. The fraction of sp³-hybridized carbons (Fsp3) is 0.296. The van der Waals surface area contributed by atoms with E-state index in [1.807, 2.05) is 61.5 Å². The molecule has 3 rings (SSSR count). The molecule has 1 N–H and O–H groups in total. The van der Waals surface area contributed by atoms with Gasteiger partial charge in [-0.05, 0) is 36.0 Å². The van der Waals surface area contributed by atoms with Crippen molar-refractivity contribution in [1.29, 1.82) is 0 Å². The fourth-order valence-electron chi connectivity index (χ4n) is 4.00. The molecule has 0 aliphatic heterocycles. The zero-order chi connectivity index (χ0) is 21.4. The van der Waals surface area contributed by atoms with Gasteiger partial charge in [0, 0.05) is 0 Å². The van der Waals surface area contributed by atoms with Crippen molar-refractivity contribution in [2.24, 2.45) is 5.92 Å². The Balaban J connectivity index is 2.23. The number of nitrogens with one attached hydrogen (secondary N) is 1. The predicted molar refractivity (Wildman–Crippen MR) is 122 cm³/mol. The number of hydrogen-bond donors (Lipinski definition) is 1. The van der Waals surface area contributed by atoms with Crippen LogP contribution in [0.4, 0.5) is 0 Å². The van der Waals surface area contributed by atoms with E-state index in [1.165, 1.54) is 0 Å². The van der Waals surface area contributed by atoms with Crippen LogP contribution in [-0.4, -0.2) is 18.6 Å². The first-order valence-corrected chi connectivity index (χ1v) is 10.7. The Hall–Kier alpha value is -2.91. The lowest BCUT2D eigenvalue weighted by Crippen LogP contribution is -2.53. The first-order valence-electron chi connectivity index (χ1n) is 10.7. The third-order valence-corrected chi connectivity index (χ3v) is 5.29. The second-order valence-corrected chi connectivity index (χ2v) is 7.93. The van der Waals surface area contributed by atoms with Crippen molar-refractivity contribution >= 4 is 5.97 Å². The summed E-state index contributed by atoms with van der Waals surface area (Å²) in [5, 5.41) is 3.76. The Morgan fingerprint density at radius 3 is 1.53 bits per heavy atom. The summed E-state index contributed by atoms with van der Waals surface area (Å²) in [4.78, 5) is 13.0. The van der Waals surface area contributed by atoms with E-state index in [9.17, 15) is 4.79 Å². The summed E-state index contributed by atoms with van der Waals surface area (Å²) in [5.41, 5.74) is 2.57. The molecule has 0 spiro atoms. The van der Waals surface area contributed by atoms with Gasteiger partial charge in [0.15, 0.2) is 0 Å². The Morgan fingerprint density at radius 2 is 1.20 bits per heavy atom. The topological polar surface area (TPSA) is 38.3 Å². The molecular weight excluding hydrogens is 370 g/mol. The van der Waals surface area contributed by atoms with Crippen LogP contribution < -0.4 is 5.32 Å². The van der Waals surface area contributed by atoms with E-state index in [4.69, 9.17) is 4.74 Å². The number of ether oxygens (including phenoxy) is 1. The normalized spacial score (nSPS) is 12.5. The third kappa shape index (κ3) is 4.80. The standard InChI is InChI=1S/C27H31NO2/c1-4-30-26(29)25(20-21(2)3)28-27(22-14-8-5-9-15-22,23-16-10-6-11-17-23)24-18-12-7-13-19-24/h5-19,21,25,28H,4,20H2,1-3H3/t25-/m0/s1. The maximum absolute atomic E-state index is 13.0. The number of carbonyl (C=O) groups excluding carboxylic acids is 1. The lowest BCUT2D eigenvalue weighted by molar-refractivity contribution is -0.146. The number of carbonyl (C=O) groups is 1. The Morgan fingerprint density at radius 1 is 0.800 bits per heavy atom. The molecule has 0 saturated carbocycles. The molecule has 0 aliphatic rings. The molecule has 30 heavy (non-hydrogen) atoms. The average molecular weight is 402 g/mol. The van der Waals surface area contributed by atoms with Crippen LogP contribution in [0, 0.1) is 5.92 Å². The summed E-state index contributed by atoms with van der Waals surface area (Å²) >= 11 is 0. The van der Waals surface area contributed by atoms with E-state index in [0.29, 0.717) is 18.9 Å². The highest BCUT2D eigenvalue weighted by Crippen LogP contribution is 2.37. The second-order valence-electron chi connectivity index (χ2n) is 7.93. The average Bonchev–Trinajstić information content (AvgIpc) is 2.78. The minimum atomic E-state index is -0.684. The molecule has 0 aromatic heterocycles. The highest BCUT2D eigenvalue weighted by molar-refractivity contribution is 5.76. The zero-order valence-corrected chi connectivity index (χ0v) is 18.0. The molecule has 3 aromatic carbocycles. The van der Waals surface area contributed by atoms with E-state index in [-0.39, 0.29) is 5.97 Å². The Bertz CT molecular complexity index is 811. The molecule has 0 bridgehead atoms. The van der Waals surface area contributed by atoms with Gasteiger partial charge in [-0.3, -0.25) is 10.1 Å². The van der Waals surface area contributed by atoms with Gasteiger partial charge in [-0.15, -0.1) is 0 Å². The molecule has 0 radical (unpaired) electrons. The van der Waals surface area contributed by atoms with E-state index in [0.717, 1.165) is 16.7 Å². The molecule has 0 saturated heterocycles. The highest BCUT2D eigenvalue weighted by atomic mass is 16.5. The minimum Gasteiger partial charge on any atom is -0.465 e. The number of benzene rings is 3. The van der Waals surface area contributed by atoms with Crippen LogP contribution in [0.3, 0.4) is 0 Å². The monoisotopic (exact) mass is 401 g/mol. The highest BCUT2D eigenvalue weighted by Gasteiger charge is 2.40. The van der Waals surface area contributed by atoms with Crippen LogP contribution in [0.2, 0.25) is 0 Å². The van der Waals surface area contributed by atoms with Gasteiger partial charge in [0.1, 0.15) is 6.04 Å². The smallest absolute Gasteiger partial charge is 0.323 e. The SMILES string of the molecule is CCOC(=O)[C@H](CC(C)C)NC(c1ccccc1)(c1ccccc1)c1ccccc1. The van der Waals surface area contributed by atoms with Crippen molar-refractivity contribution in [1.82, 2.24) is 5.32 Å². The molecule has 3 nitrogen and oxygen atoms in total. The van der Waals surface area contributed by atoms with Gasteiger partial charge in [0.05, 0.1) is 12.1 Å². The summed E-state index contributed by atoms with van der Waals surface area (Å²) in [7, 11) is 0. The van der Waals surface area contributed by atoms with Crippen LogP contribution >= 0.6 is 0 Å². The molecule has 3 heteroatoms. The van der Waals surface area contributed by atoms with Crippen molar-refractivity contribution in [2.75, 3.05) is 6.61 Å². The van der Waals surface area contributed by atoms with Crippen LogP contribution in [0.15, 0.2) is 91.0 Å². The van der Waals surface area contributed by atoms with Crippen molar-refractivity contribution in [3.05, 3.63) is 108 Å². The van der Waals surface area contributed by atoms with E-state index in [1.54, 1.807) is 0 Å². The third-order valence-electron chi connectivity index (χ3n) is 5.29. The fourth-order valence-corrected chi connectivity index (χ4v) is 4.00. The van der Waals surface area contributed by atoms with Crippen LogP contribution in [0.5, 0.6) is 0 Å². The zero-order valence-electron chi connectivity index (χ0n) is 18.0. The van der Waals surface area contributed by atoms with Gasteiger partial charge in [-0.25, -0.2) is 0 Å². The second kappa shape index (κ2) is 10.2. The molecule has 156 valence electrons. The largest absolute Gasteiger partial charge is 0.465 e. The summed E-state index contributed by atoms with van der Waals surface area (Å²) in [6, 6.07) is 30.5. The van der Waals surface area contributed by atoms with Gasteiger partial charge in [-0.2, -0.15) is 0 Å². The molecule has 0 amide bonds. The van der Waals surface area contributed by atoms with Crippen molar-refractivity contribution in [3.8, 4) is 0 Å². The summed E-state index contributed by atoms with van der Waals surface area (Å²) in [5.74, 6) is 0.130. The summed E-state index contributed by atoms with van der Waals surface area (Å²) in [6.07, 6.45) is 0.688. The van der Waals surface area contributed by atoms with E-state index in [2.05, 4.69) is 55.6 Å². The molecule has 3 aromatic rings. The summed E-state index contributed by atoms with van der Waals surface area (Å²) < 4.78 is 5.46. The van der Waals surface area contributed by atoms with E-state index >= 15 is 0 Å². The van der Waals surface area contributed by atoms with Crippen LogP contribution in [-0.2, 0) is 15.1 Å². The van der Waals surface area contributed by atoms with Gasteiger partial charge in [0.25, 0.3) is 0 Å². The quantitative estimate of drug-likeness (QED) is 0.378. The van der Waals surface area contributed by atoms with Gasteiger partial charge in [-0.1, -0.05) is 105 Å². The lowest BCUT2D eigenvalue weighted by atomic mass is 9.76. The molecule has 0 unspecified atom stereocenters. The number of esters is 1. The Kier molecular flexibility index (Phi) is 7.42. The first-order chi connectivity index (χ1) is 14.6. The molecule has 0 aliphatic carbocycles. The lowest BCUT2D eigenvalue weighted by Gasteiger charge is -2.40. The van der Waals surface area contributed by atoms with E-state index < -0.39 is 11.6 Å². The molecular formula is C27H31NO2. The predicted octanol–water partition coefficient (Wildman–Crippen LogP) is 5.55. The van der Waals surface area contributed by atoms with Crippen molar-refractivity contribution in [3.63, 3.8) is 0 Å². The van der Waals surface area contributed by atoms with Gasteiger partial charge >= 0.3 is 5.97 Å². The van der Waals surface area contributed by atoms with Crippen LogP contribution in [0.25, 0.3) is 0 Å². The maximum atomic E-state index is 13.0. The van der Waals surface area contributed by atoms with Crippen molar-refractivity contribution in [2.45, 2.75) is 38.8 Å². The van der Waals surface area contributed by atoms with Crippen LogP contribution in [0.1, 0.15) is 43.9 Å².